The minimum Gasteiger partial charge on any atom is -0.309 e. The van der Waals surface area contributed by atoms with Gasteiger partial charge in [0.05, 0.1) is 41.6 Å². The van der Waals surface area contributed by atoms with Crippen molar-refractivity contribution in [1.82, 2.24) is 14.5 Å². The van der Waals surface area contributed by atoms with Gasteiger partial charge in [-0.3, -0.25) is 0 Å². The molecule has 276 valence electrons. The summed E-state index contributed by atoms with van der Waals surface area (Å²) >= 11 is 0. The molecule has 3 heteroatoms. The smallest absolute Gasteiger partial charge is 0.160 e. The third-order valence-corrected chi connectivity index (χ3v) is 10.5. The highest BCUT2D eigenvalue weighted by molar-refractivity contribution is 6.10. The maximum absolute atomic E-state index is 9.22. The number of fused-ring (bicyclic) bond motifs is 4. The lowest BCUT2D eigenvalue weighted by Gasteiger charge is -2.14. The molecule has 0 fully saturated rings. The lowest BCUT2D eigenvalue weighted by Crippen LogP contribution is -1.96. The van der Waals surface area contributed by atoms with Crippen LogP contribution in [0.5, 0.6) is 0 Å². The number of para-hydroxylation sites is 2. The second-order valence-electron chi connectivity index (χ2n) is 13.9. The Kier molecular flexibility index (Phi) is 5.62. The van der Waals surface area contributed by atoms with Gasteiger partial charge in [-0.25, -0.2) is 9.97 Å². The molecule has 0 atom stereocenters. The van der Waals surface area contributed by atoms with Crippen LogP contribution in [0.4, 0.5) is 0 Å². The molecule has 11 rings (SSSR count). The van der Waals surface area contributed by atoms with Crippen LogP contribution in [-0.2, 0) is 0 Å². The molecule has 0 spiro atoms. The van der Waals surface area contributed by atoms with Crippen LogP contribution in [0.15, 0.2) is 224 Å². The summed E-state index contributed by atoms with van der Waals surface area (Å²) in [4.78, 5) is 9.82. The molecular weight excluding hydrogens is 715 g/mol. The van der Waals surface area contributed by atoms with Crippen LogP contribution in [0.1, 0.15) is 19.2 Å². The number of rotatable bonds is 7. The predicted octanol–water partition coefficient (Wildman–Crippen LogP) is 14.7. The lowest BCUT2D eigenvalue weighted by molar-refractivity contribution is 1.18. The summed E-state index contributed by atoms with van der Waals surface area (Å²) in [6, 6.07) is 37.1. The number of hydrogen-bond acceptors (Lipinski definition) is 2. The van der Waals surface area contributed by atoms with Crippen LogP contribution in [0.2, 0.25) is 0 Å². The lowest BCUT2D eigenvalue weighted by atomic mass is 9.92. The highest BCUT2D eigenvalue weighted by Crippen LogP contribution is 2.39. The van der Waals surface area contributed by atoms with Gasteiger partial charge < -0.3 is 4.57 Å². The average molecular weight is 766 g/mol. The maximum Gasteiger partial charge on any atom is 0.160 e. The van der Waals surface area contributed by atoms with Crippen LogP contribution in [-0.4, -0.2) is 14.5 Å². The van der Waals surface area contributed by atoms with Crippen LogP contribution < -0.4 is 0 Å². The molecule has 2 aromatic heterocycles. The zero-order valence-electron chi connectivity index (χ0n) is 45.1. The van der Waals surface area contributed by atoms with Gasteiger partial charge >= 0.3 is 0 Å². The zero-order chi connectivity index (χ0) is 51.3. The van der Waals surface area contributed by atoms with E-state index in [9.17, 15) is 2.74 Å². The Labute approximate surface area is 362 Å². The van der Waals surface area contributed by atoms with Crippen molar-refractivity contribution in [3.05, 3.63) is 224 Å². The molecule has 0 aliphatic heterocycles. The summed E-state index contributed by atoms with van der Waals surface area (Å²) in [5.41, 5.74) is 6.10. The van der Waals surface area contributed by atoms with Gasteiger partial charge in [-0.1, -0.05) is 188 Å². The van der Waals surface area contributed by atoms with E-state index >= 15 is 0 Å². The molecule has 9 aromatic carbocycles. The van der Waals surface area contributed by atoms with E-state index < -0.39 is 83.6 Å². The van der Waals surface area contributed by atoms with Crippen LogP contribution in [0.3, 0.4) is 0 Å². The van der Waals surface area contributed by atoms with Gasteiger partial charge in [-0.15, -0.1) is 0 Å². The Bertz CT molecular complexity index is 4050. The summed E-state index contributed by atoms with van der Waals surface area (Å²) in [6.07, 6.45) is 0. The Hall–Kier alpha value is -7.88. The largest absolute Gasteiger partial charge is 0.309 e. The van der Waals surface area contributed by atoms with Crippen molar-refractivity contribution in [2.45, 2.75) is 0 Å². The Morgan fingerprint density at radius 3 is 1.66 bits per heavy atom. The molecule has 0 unspecified atom stereocenters. The molecule has 3 nitrogen and oxygen atoms in total. The molecule has 0 saturated heterocycles. The van der Waals surface area contributed by atoms with Crippen molar-refractivity contribution in [1.29, 1.82) is 0 Å². The van der Waals surface area contributed by atoms with E-state index in [1.54, 1.807) is 10.6 Å². The molecule has 0 bridgehead atoms. The molecule has 59 heavy (non-hydrogen) atoms. The summed E-state index contributed by atoms with van der Waals surface area (Å²) < 4.78 is 122. The van der Waals surface area contributed by atoms with Crippen molar-refractivity contribution >= 4 is 32.6 Å². The molecule has 0 aliphatic rings. The zero-order valence-corrected chi connectivity index (χ0v) is 31.1. The minimum absolute atomic E-state index is 0.0847. The highest BCUT2D eigenvalue weighted by atomic mass is 15.0. The van der Waals surface area contributed by atoms with E-state index in [4.69, 9.17) is 26.4 Å². The maximum atomic E-state index is 9.22. The molecule has 0 aliphatic carbocycles. The van der Waals surface area contributed by atoms with Gasteiger partial charge in [0, 0.05) is 33.2 Å². The van der Waals surface area contributed by atoms with E-state index in [0.717, 1.165) is 43.8 Å². The van der Waals surface area contributed by atoms with E-state index in [-0.39, 0.29) is 34.9 Å². The summed E-state index contributed by atoms with van der Waals surface area (Å²) in [5.74, 6) is 0.264. The van der Waals surface area contributed by atoms with Crippen molar-refractivity contribution in [2.24, 2.45) is 0 Å². The van der Waals surface area contributed by atoms with E-state index in [0.29, 0.717) is 27.9 Å². The van der Waals surface area contributed by atoms with Gasteiger partial charge in [0.25, 0.3) is 0 Å². The molecule has 0 radical (unpaired) electrons. The first-order valence-electron chi connectivity index (χ1n) is 25.9. The van der Waals surface area contributed by atoms with Gasteiger partial charge in [0.1, 0.15) is 0 Å². The Balaban J connectivity index is 1.01. The molecule has 2 heterocycles. The Morgan fingerprint density at radius 2 is 0.898 bits per heavy atom. The second kappa shape index (κ2) is 14.6. The topological polar surface area (TPSA) is 30.7 Å². The fourth-order valence-electron chi connectivity index (χ4n) is 7.74. The average Bonchev–Trinajstić information content (AvgIpc) is 3.74. The SMILES string of the molecule is [2H]c1c([2H])c([2H])c(-c2c([2H])c([2H])c(-c3cc(-c4ccc(-c5ccc(-c6ccc7c(c6)c6ccccc6n7-c6c([2H])c([2H])c([2H])c([2H])c6[2H])cc5)c5ccccc45)nc(-c4ccccc4)n3)c([2H])c2[2H])c([2H])c1[2H]. The first-order valence-corrected chi connectivity index (χ1v) is 18.9. The van der Waals surface area contributed by atoms with Crippen molar-refractivity contribution in [3.63, 3.8) is 0 Å². The summed E-state index contributed by atoms with van der Waals surface area (Å²) in [6.45, 7) is 0. The predicted molar refractivity (Wildman–Crippen MR) is 246 cm³/mol. The fourth-order valence-corrected chi connectivity index (χ4v) is 7.74. The number of nitrogens with zero attached hydrogens (tertiary/aromatic N) is 3. The number of aromatic nitrogens is 3. The van der Waals surface area contributed by atoms with Crippen molar-refractivity contribution in [3.8, 4) is 73.0 Å². The van der Waals surface area contributed by atoms with Crippen molar-refractivity contribution in [2.75, 3.05) is 0 Å². The molecule has 0 amide bonds. The first kappa shape index (κ1) is 22.8. The number of hydrogen-bond donors (Lipinski definition) is 0. The molecule has 11 aromatic rings. The molecule has 0 N–H and O–H groups in total. The quantitative estimate of drug-likeness (QED) is 0.162. The first-order chi connectivity index (χ1) is 35.1. The minimum atomic E-state index is -0.657. The van der Waals surface area contributed by atoms with Gasteiger partial charge in [0.15, 0.2) is 5.82 Å². The third kappa shape index (κ3) is 6.26. The normalized spacial score (nSPS) is 14.7. The van der Waals surface area contributed by atoms with Gasteiger partial charge in [-0.05, 0) is 80.5 Å². The summed E-state index contributed by atoms with van der Waals surface area (Å²) in [5, 5.41) is 3.47. The summed E-state index contributed by atoms with van der Waals surface area (Å²) in [7, 11) is 0. The van der Waals surface area contributed by atoms with E-state index in [1.165, 1.54) is 0 Å². The van der Waals surface area contributed by atoms with E-state index in [2.05, 4.69) is 6.07 Å². The fraction of sp³-hybridized carbons (Fsp3) is 0. The standard InChI is InChI=1S/C56H37N3/c1-4-14-38(15-5-1)39-26-30-42(31-27-39)52-37-53(58-56(57-52)43-16-6-2-7-17-43)49-34-33-46(47-20-10-11-21-48(47)49)41-28-24-40(25-29-41)44-32-35-55-51(36-44)50-22-12-13-23-54(50)59(55)45-18-8-3-9-19-45/h1-37H/i1D,3D,4D,5D,8D,9D,14D,15D,18D,19D,26D,27D,30D,31D. The Morgan fingerprint density at radius 1 is 0.339 bits per heavy atom. The third-order valence-electron chi connectivity index (χ3n) is 10.5. The van der Waals surface area contributed by atoms with Crippen LogP contribution >= 0.6 is 0 Å². The number of benzene rings is 9. The monoisotopic (exact) mass is 765 g/mol. The van der Waals surface area contributed by atoms with Gasteiger partial charge in [0.2, 0.25) is 0 Å². The van der Waals surface area contributed by atoms with Crippen LogP contribution in [0.25, 0.3) is 106 Å². The second-order valence-corrected chi connectivity index (χ2v) is 13.9. The van der Waals surface area contributed by atoms with Crippen molar-refractivity contribution < 1.29 is 19.2 Å². The van der Waals surface area contributed by atoms with E-state index in [1.807, 2.05) is 127 Å². The molecular formula is C56H37N3. The molecule has 0 saturated carbocycles. The highest BCUT2D eigenvalue weighted by Gasteiger charge is 2.16. The van der Waals surface area contributed by atoms with Crippen LogP contribution in [0, 0.1) is 0 Å². The van der Waals surface area contributed by atoms with Gasteiger partial charge in [-0.2, -0.15) is 0 Å².